The minimum Gasteiger partial charge on any atom is -0.399 e. The van der Waals surface area contributed by atoms with Gasteiger partial charge in [-0.25, -0.2) is 4.98 Å². The second kappa shape index (κ2) is 7.93. The van der Waals surface area contributed by atoms with Gasteiger partial charge in [-0.1, -0.05) is 13.8 Å². The van der Waals surface area contributed by atoms with Gasteiger partial charge in [-0.05, 0) is 39.0 Å². The number of pyridine rings is 1. The molecule has 1 aromatic heterocycles. The average Bonchev–Trinajstić information content (AvgIpc) is 2.39. The molecule has 0 atom stereocenters. The van der Waals surface area contributed by atoms with Crippen LogP contribution in [-0.4, -0.2) is 42.6 Å². The largest absolute Gasteiger partial charge is 0.399 e. The SMILES string of the molecule is CCN(CC)CCCN(CC)c1cc(N)ccn1. The zero-order valence-electron chi connectivity index (χ0n) is 11.9. The molecule has 0 amide bonds. The van der Waals surface area contributed by atoms with Gasteiger partial charge < -0.3 is 15.5 Å². The number of nitrogens with two attached hydrogens (primary N) is 1. The Balaban J connectivity index is 2.47. The Morgan fingerprint density at radius 3 is 2.39 bits per heavy atom. The van der Waals surface area contributed by atoms with Gasteiger partial charge in [0.2, 0.25) is 0 Å². The van der Waals surface area contributed by atoms with Gasteiger partial charge in [0.05, 0.1) is 0 Å². The van der Waals surface area contributed by atoms with Crippen LogP contribution in [0.25, 0.3) is 0 Å². The molecule has 0 aliphatic rings. The summed E-state index contributed by atoms with van der Waals surface area (Å²) < 4.78 is 0. The molecule has 0 saturated heterocycles. The molecule has 2 N–H and O–H groups in total. The molecule has 0 radical (unpaired) electrons. The van der Waals surface area contributed by atoms with Gasteiger partial charge in [-0.2, -0.15) is 0 Å². The summed E-state index contributed by atoms with van der Waals surface area (Å²) in [6, 6.07) is 3.77. The van der Waals surface area contributed by atoms with E-state index >= 15 is 0 Å². The van der Waals surface area contributed by atoms with E-state index in [1.54, 1.807) is 6.20 Å². The maximum atomic E-state index is 5.80. The molecule has 0 unspecified atom stereocenters. The number of nitrogen functional groups attached to an aromatic ring is 1. The Morgan fingerprint density at radius 1 is 1.11 bits per heavy atom. The lowest BCUT2D eigenvalue weighted by molar-refractivity contribution is 0.300. The van der Waals surface area contributed by atoms with Crippen molar-refractivity contribution in [2.45, 2.75) is 27.2 Å². The van der Waals surface area contributed by atoms with Crippen molar-refractivity contribution >= 4 is 11.5 Å². The zero-order valence-corrected chi connectivity index (χ0v) is 11.9. The van der Waals surface area contributed by atoms with Crippen LogP contribution in [0.5, 0.6) is 0 Å². The predicted molar refractivity (Wildman–Crippen MR) is 78.9 cm³/mol. The Bertz CT molecular complexity index is 336. The van der Waals surface area contributed by atoms with Gasteiger partial charge in [0, 0.05) is 31.0 Å². The van der Waals surface area contributed by atoms with Crippen molar-refractivity contribution in [1.29, 1.82) is 0 Å². The van der Waals surface area contributed by atoms with Crippen LogP contribution in [0, 0.1) is 0 Å². The second-order valence-corrected chi connectivity index (χ2v) is 4.41. The molecule has 0 saturated carbocycles. The molecule has 0 bridgehead atoms. The van der Waals surface area contributed by atoms with Crippen molar-refractivity contribution in [3.8, 4) is 0 Å². The van der Waals surface area contributed by atoms with Crippen molar-refractivity contribution in [3.63, 3.8) is 0 Å². The summed E-state index contributed by atoms with van der Waals surface area (Å²) in [5.41, 5.74) is 6.58. The fourth-order valence-corrected chi connectivity index (χ4v) is 2.07. The van der Waals surface area contributed by atoms with Crippen LogP contribution in [0.3, 0.4) is 0 Å². The smallest absolute Gasteiger partial charge is 0.130 e. The molecular formula is C14H26N4. The van der Waals surface area contributed by atoms with E-state index in [1.807, 2.05) is 12.1 Å². The van der Waals surface area contributed by atoms with Gasteiger partial charge in [-0.15, -0.1) is 0 Å². The van der Waals surface area contributed by atoms with Crippen molar-refractivity contribution in [1.82, 2.24) is 9.88 Å². The topological polar surface area (TPSA) is 45.4 Å². The van der Waals surface area contributed by atoms with E-state index in [1.165, 1.54) is 0 Å². The number of rotatable bonds is 8. The van der Waals surface area contributed by atoms with Crippen LogP contribution in [0.4, 0.5) is 11.5 Å². The predicted octanol–water partition coefficient (Wildman–Crippen LogP) is 2.22. The van der Waals surface area contributed by atoms with Gasteiger partial charge in [0.15, 0.2) is 0 Å². The lowest BCUT2D eigenvalue weighted by atomic mass is 10.3. The van der Waals surface area contributed by atoms with E-state index in [9.17, 15) is 0 Å². The summed E-state index contributed by atoms with van der Waals surface area (Å²) in [5, 5.41) is 0. The summed E-state index contributed by atoms with van der Waals surface area (Å²) >= 11 is 0. The monoisotopic (exact) mass is 250 g/mol. The first-order valence-corrected chi connectivity index (χ1v) is 6.90. The van der Waals surface area contributed by atoms with E-state index < -0.39 is 0 Å². The van der Waals surface area contributed by atoms with Crippen LogP contribution >= 0.6 is 0 Å². The van der Waals surface area contributed by atoms with Crippen LogP contribution in [0.1, 0.15) is 27.2 Å². The first-order valence-electron chi connectivity index (χ1n) is 6.90. The molecule has 4 nitrogen and oxygen atoms in total. The van der Waals surface area contributed by atoms with Gasteiger partial charge in [-0.3, -0.25) is 0 Å². The fraction of sp³-hybridized carbons (Fsp3) is 0.643. The molecule has 1 rings (SSSR count). The van der Waals surface area contributed by atoms with Crippen LogP contribution < -0.4 is 10.6 Å². The van der Waals surface area contributed by atoms with E-state index in [4.69, 9.17) is 5.73 Å². The number of hydrogen-bond acceptors (Lipinski definition) is 4. The van der Waals surface area contributed by atoms with Gasteiger partial charge in [0.25, 0.3) is 0 Å². The van der Waals surface area contributed by atoms with E-state index in [-0.39, 0.29) is 0 Å². The summed E-state index contributed by atoms with van der Waals surface area (Å²) in [6.45, 7) is 12.0. The van der Waals surface area contributed by atoms with Gasteiger partial charge in [0.1, 0.15) is 5.82 Å². The average molecular weight is 250 g/mol. The van der Waals surface area contributed by atoms with Crippen LogP contribution in [-0.2, 0) is 0 Å². The quantitative estimate of drug-likeness (QED) is 0.768. The summed E-state index contributed by atoms with van der Waals surface area (Å²) in [4.78, 5) is 9.10. The van der Waals surface area contributed by atoms with Crippen molar-refractivity contribution in [3.05, 3.63) is 18.3 Å². The first-order chi connectivity index (χ1) is 8.71. The minimum absolute atomic E-state index is 0.780. The maximum Gasteiger partial charge on any atom is 0.130 e. The Morgan fingerprint density at radius 2 is 1.83 bits per heavy atom. The van der Waals surface area contributed by atoms with Crippen molar-refractivity contribution < 1.29 is 0 Å². The Hall–Kier alpha value is -1.29. The molecule has 0 fully saturated rings. The molecule has 0 aliphatic heterocycles. The third-order valence-electron chi connectivity index (χ3n) is 3.27. The Kier molecular flexibility index (Phi) is 6.50. The third kappa shape index (κ3) is 4.53. The van der Waals surface area contributed by atoms with Crippen LogP contribution in [0.2, 0.25) is 0 Å². The lowest BCUT2D eigenvalue weighted by Crippen LogP contribution is -2.30. The maximum absolute atomic E-state index is 5.80. The third-order valence-corrected chi connectivity index (χ3v) is 3.27. The fourth-order valence-electron chi connectivity index (χ4n) is 2.07. The Labute approximate surface area is 111 Å². The molecule has 0 spiro atoms. The van der Waals surface area contributed by atoms with Gasteiger partial charge >= 0.3 is 0 Å². The highest BCUT2D eigenvalue weighted by Crippen LogP contribution is 2.14. The van der Waals surface area contributed by atoms with E-state index in [0.29, 0.717) is 0 Å². The van der Waals surface area contributed by atoms with E-state index in [2.05, 4.69) is 35.6 Å². The molecule has 1 heterocycles. The normalized spacial score (nSPS) is 10.9. The molecular weight excluding hydrogens is 224 g/mol. The molecule has 1 aromatic rings. The highest BCUT2D eigenvalue weighted by molar-refractivity contribution is 5.50. The first kappa shape index (κ1) is 14.8. The van der Waals surface area contributed by atoms with Crippen molar-refractivity contribution in [2.24, 2.45) is 0 Å². The summed E-state index contributed by atoms with van der Waals surface area (Å²) in [7, 11) is 0. The van der Waals surface area contributed by atoms with Crippen LogP contribution in [0.15, 0.2) is 18.3 Å². The van der Waals surface area contributed by atoms with E-state index in [0.717, 1.165) is 50.6 Å². The molecule has 102 valence electrons. The highest BCUT2D eigenvalue weighted by atomic mass is 15.2. The molecule has 18 heavy (non-hydrogen) atoms. The summed E-state index contributed by atoms with van der Waals surface area (Å²) in [6.07, 6.45) is 2.93. The minimum atomic E-state index is 0.780. The number of aromatic nitrogens is 1. The highest BCUT2D eigenvalue weighted by Gasteiger charge is 2.06. The molecule has 0 aromatic carbocycles. The van der Waals surface area contributed by atoms with Crippen molar-refractivity contribution in [2.75, 3.05) is 43.4 Å². The zero-order chi connectivity index (χ0) is 13.4. The lowest BCUT2D eigenvalue weighted by Gasteiger charge is -2.24. The number of nitrogens with zero attached hydrogens (tertiary/aromatic N) is 3. The standard InChI is InChI=1S/C14H26N4/c1-4-17(5-2)10-7-11-18(6-3)14-12-13(15)8-9-16-14/h8-9,12H,4-7,10-11H2,1-3H3,(H2,15,16). The molecule has 4 heteroatoms. The molecule has 0 aliphatic carbocycles. The number of hydrogen-bond donors (Lipinski definition) is 1. The number of anilines is 2. The second-order valence-electron chi connectivity index (χ2n) is 4.41. The summed E-state index contributed by atoms with van der Waals surface area (Å²) in [5.74, 6) is 0.983.